The van der Waals surface area contributed by atoms with Crippen LogP contribution < -0.4 is 25.8 Å². The van der Waals surface area contributed by atoms with Crippen LogP contribution in [0.5, 0.6) is 11.5 Å². The molecule has 0 unspecified atom stereocenters. The number of fused-ring (bicyclic) bond motifs is 1. The van der Waals surface area contributed by atoms with E-state index < -0.39 is 18.2 Å². The third kappa shape index (κ3) is 9.55. The van der Waals surface area contributed by atoms with Gasteiger partial charge in [0.15, 0.2) is 11.5 Å². The fourth-order valence-electron chi connectivity index (χ4n) is 5.64. The number of benzene rings is 3. The molecule has 5 N–H and O–H groups in total. The summed E-state index contributed by atoms with van der Waals surface area (Å²) in [6.45, 7) is 8.43. The lowest BCUT2D eigenvalue weighted by Crippen LogP contribution is -2.37. The van der Waals surface area contributed by atoms with Crippen LogP contribution in [-0.4, -0.2) is 58.2 Å². The summed E-state index contributed by atoms with van der Waals surface area (Å²) in [6, 6.07) is 20.3. The van der Waals surface area contributed by atoms with Crippen molar-refractivity contribution in [3.8, 4) is 11.5 Å². The summed E-state index contributed by atoms with van der Waals surface area (Å²) in [5.41, 5.74) is 9.33. The van der Waals surface area contributed by atoms with Gasteiger partial charge >= 0.3 is 12.1 Å². The van der Waals surface area contributed by atoms with Gasteiger partial charge in [-0.05, 0) is 98.7 Å². The fraction of sp³-hybridized carbons (Fsp3) is 0.333. The van der Waals surface area contributed by atoms with Crippen LogP contribution in [0.2, 0.25) is 0 Å². The first-order chi connectivity index (χ1) is 23.7. The lowest BCUT2D eigenvalue weighted by atomic mass is 10.0. The molecule has 0 aliphatic carbocycles. The third-order valence-electron chi connectivity index (χ3n) is 7.69. The van der Waals surface area contributed by atoms with E-state index in [1.165, 1.54) is 6.92 Å². The highest BCUT2D eigenvalue weighted by molar-refractivity contribution is 5.94. The minimum atomic E-state index is -5.08. The van der Waals surface area contributed by atoms with Crippen molar-refractivity contribution in [2.45, 2.75) is 64.9 Å². The number of rotatable bonds is 10. The first-order valence-corrected chi connectivity index (χ1v) is 16.0. The number of aromatic nitrogens is 1. The maximum Gasteiger partial charge on any atom is 0.490 e. The van der Waals surface area contributed by atoms with Gasteiger partial charge in [-0.3, -0.25) is 9.59 Å². The number of hydrogen-bond donors (Lipinski definition) is 4. The number of anilines is 3. The number of carboxylic acids is 1. The molecule has 1 saturated heterocycles. The second-order valence-electron chi connectivity index (χ2n) is 11.8. The normalized spacial score (nSPS) is 14.8. The summed E-state index contributed by atoms with van der Waals surface area (Å²) in [7, 11) is 0. The van der Waals surface area contributed by atoms with Crippen molar-refractivity contribution in [2.75, 3.05) is 29.5 Å². The molecular formula is C36H40F3N5O6. The Morgan fingerprint density at radius 1 is 1.04 bits per heavy atom. The van der Waals surface area contributed by atoms with Crippen molar-refractivity contribution in [1.29, 1.82) is 0 Å². The van der Waals surface area contributed by atoms with Crippen molar-refractivity contribution in [3.63, 3.8) is 0 Å². The summed E-state index contributed by atoms with van der Waals surface area (Å²) in [5.74, 6) is -1.26. The van der Waals surface area contributed by atoms with Gasteiger partial charge in [-0.1, -0.05) is 18.2 Å². The van der Waals surface area contributed by atoms with Crippen LogP contribution in [0.15, 0.2) is 72.9 Å². The van der Waals surface area contributed by atoms with E-state index in [0.717, 1.165) is 40.4 Å². The largest absolute Gasteiger partial charge is 0.490 e. The molecule has 1 aliphatic heterocycles. The molecule has 3 aromatic carbocycles. The summed E-state index contributed by atoms with van der Waals surface area (Å²) in [6.07, 6.45) is -1.73. The molecule has 1 aliphatic rings. The monoisotopic (exact) mass is 695 g/mol. The molecular weight excluding hydrogens is 655 g/mol. The van der Waals surface area contributed by atoms with E-state index in [2.05, 4.69) is 15.6 Å². The molecule has 2 atom stereocenters. The Hall–Kier alpha value is -5.53. The van der Waals surface area contributed by atoms with Gasteiger partial charge in [-0.2, -0.15) is 13.2 Å². The fourth-order valence-corrected chi connectivity index (χ4v) is 5.64. The number of aliphatic carboxylic acids is 1. The van der Waals surface area contributed by atoms with E-state index >= 15 is 0 Å². The number of carbonyl (C=O) groups excluding carboxylic acids is 2. The van der Waals surface area contributed by atoms with Gasteiger partial charge in [-0.25, -0.2) is 9.78 Å². The van der Waals surface area contributed by atoms with E-state index in [9.17, 15) is 22.8 Å². The summed E-state index contributed by atoms with van der Waals surface area (Å²) in [5, 5.41) is 15.3. The third-order valence-corrected chi connectivity index (χ3v) is 7.69. The van der Waals surface area contributed by atoms with Gasteiger partial charge in [0.05, 0.1) is 18.8 Å². The molecule has 0 bridgehead atoms. The number of amides is 2. The number of likely N-dealkylation sites (tertiary alicyclic amines) is 1. The molecule has 0 saturated carbocycles. The zero-order chi connectivity index (χ0) is 36.6. The highest BCUT2D eigenvalue weighted by Crippen LogP contribution is 2.38. The quantitative estimate of drug-likeness (QED) is 0.136. The van der Waals surface area contributed by atoms with Gasteiger partial charge < -0.3 is 35.8 Å². The number of alkyl halides is 3. The van der Waals surface area contributed by atoms with E-state index in [4.69, 9.17) is 25.1 Å². The second kappa shape index (κ2) is 16.2. The molecule has 0 radical (unpaired) electrons. The van der Waals surface area contributed by atoms with Gasteiger partial charge in [0, 0.05) is 36.4 Å². The Morgan fingerprint density at radius 3 is 2.44 bits per heavy atom. The molecule has 4 aromatic rings. The zero-order valence-electron chi connectivity index (χ0n) is 28.1. The molecule has 1 fully saturated rings. The SMILES string of the molecule is CCOc1cc([C@H](Nc2ccc3c(N)nccc3c2)C(=O)N2CCC[C@@H]2c2cccc(NC(C)=O)c2)ccc1OC(C)C.O=C(O)C(F)(F)F. The van der Waals surface area contributed by atoms with Gasteiger partial charge in [-0.15, -0.1) is 0 Å². The second-order valence-corrected chi connectivity index (χ2v) is 11.8. The number of carbonyl (C=O) groups is 3. The van der Waals surface area contributed by atoms with Crippen LogP contribution in [-0.2, 0) is 14.4 Å². The van der Waals surface area contributed by atoms with Crippen LogP contribution in [0.4, 0.5) is 30.4 Å². The predicted molar refractivity (Wildman–Crippen MR) is 184 cm³/mol. The molecule has 1 aromatic heterocycles. The average Bonchev–Trinajstić information content (AvgIpc) is 3.54. The minimum Gasteiger partial charge on any atom is -0.490 e. The standard InChI is InChI=1S/C34H39N5O4.C2HF3O2/c1-5-42-31-20-25(11-14-30(31)43-21(2)3)32(38-27-12-13-28-23(18-27)15-16-36-33(28)35)34(41)39-17-7-10-29(39)24-8-6-9-26(19-24)37-22(4)40;3-2(4,5)1(6)7/h6,8-9,11-16,18-21,29,32,38H,5,7,10,17H2,1-4H3,(H2,35,36)(H,37,40);(H,6,7)/t29-,32+;/m1./s1. The van der Waals surface area contributed by atoms with E-state index in [0.29, 0.717) is 36.2 Å². The van der Waals surface area contributed by atoms with E-state index in [1.54, 1.807) is 6.20 Å². The van der Waals surface area contributed by atoms with E-state index in [1.807, 2.05) is 92.4 Å². The average molecular weight is 696 g/mol. The van der Waals surface area contributed by atoms with Crippen LogP contribution in [0, 0.1) is 0 Å². The van der Waals surface area contributed by atoms with Crippen LogP contribution >= 0.6 is 0 Å². The van der Waals surface area contributed by atoms with Crippen LogP contribution in [0.3, 0.4) is 0 Å². The highest BCUT2D eigenvalue weighted by atomic mass is 19.4. The number of ether oxygens (including phenoxy) is 2. The molecule has 14 heteroatoms. The molecule has 11 nitrogen and oxygen atoms in total. The molecule has 50 heavy (non-hydrogen) atoms. The number of nitrogen functional groups attached to an aromatic ring is 1. The minimum absolute atomic E-state index is 0.0289. The highest BCUT2D eigenvalue weighted by Gasteiger charge is 2.38. The van der Waals surface area contributed by atoms with Crippen LogP contribution in [0.1, 0.15) is 63.7 Å². The topological polar surface area (TPSA) is 156 Å². The molecule has 5 rings (SSSR count). The number of nitrogens with two attached hydrogens (primary N) is 1. The maximum absolute atomic E-state index is 14.5. The summed E-state index contributed by atoms with van der Waals surface area (Å²) in [4.78, 5) is 41.2. The number of carboxylic acid groups (broad SMARTS) is 1. The number of hydrogen-bond acceptors (Lipinski definition) is 8. The smallest absolute Gasteiger partial charge is 0.490 e. The first-order valence-electron chi connectivity index (χ1n) is 16.0. The van der Waals surface area contributed by atoms with Crippen molar-refractivity contribution in [3.05, 3.63) is 84.1 Å². The maximum atomic E-state index is 14.5. The Kier molecular flexibility index (Phi) is 12.1. The predicted octanol–water partition coefficient (Wildman–Crippen LogP) is 7.11. The first kappa shape index (κ1) is 37.3. The number of nitrogens with one attached hydrogen (secondary N) is 2. The number of halogens is 3. The Bertz CT molecular complexity index is 1830. The van der Waals surface area contributed by atoms with Gasteiger partial charge in [0.1, 0.15) is 11.9 Å². The van der Waals surface area contributed by atoms with Crippen molar-refractivity contribution < 1.29 is 42.1 Å². The Labute approximate surface area is 287 Å². The number of pyridine rings is 1. The summed E-state index contributed by atoms with van der Waals surface area (Å²) < 4.78 is 43.7. The van der Waals surface area contributed by atoms with Crippen molar-refractivity contribution in [2.24, 2.45) is 0 Å². The van der Waals surface area contributed by atoms with Gasteiger partial charge in [0.25, 0.3) is 0 Å². The van der Waals surface area contributed by atoms with Gasteiger partial charge in [0.2, 0.25) is 11.8 Å². The molecule has 266 valence electrons. The van der Waals surface area contributed by atoms with E-state index in [-0.39, 0.29) is 24.0 Å². The Balaban J connectivity index is 0.000000727. The van der Waals surface area contributed by atoms with Crippen molar-refractivity contribution >= 4 is 45.7 Å². The van der Waals surface area contributed by atoms with Crippen LogP contribution in [0.25, 0.3) is 10.8 Å². The van der Waals surface area contributed by atoms with Crippen molar-refractivity contribution in [1.82, 2.24) is 9.88 Å². The zero-order valence-corrected chi connectivity index (χ0v) is 28.1. The summed E-state index contributed by atoms with van der Waals surface area (Å²) >= 11 is 0. The molecule has 2 amide bonds. The molecule has 0 spiro atoms. The molecule has 2 heterocycles. The number of nitrogens with zero attached hydrogens (tertiary/aromatic N) is 2. The lowest BCUT2D eigenvalue weighted by molar-refractivity contribution is -0.192. The lowest BCUT2D eigenvalue weighted by Gasteiger charge is -2.31. The Morgan fingerprint density at radius 2 is 1.78 bits per heavy atom.